The molecule has 3 N–H and O–H groups in total. The van der Waals surface area contributed by atoms with Gasteiger partial charge in [0.2, 0.25) is 0 Å². The quantitative estimate of drug-likeness (QED) is 0.635. The molecule has 1 aliphatic rings. The molecule has 0 unspecified atom stereocenters. The van der Waals surface area contributed by atoms with Crippen LogP contribution in [0.3, 0.4) is 0 Å². The van der Waals surface area contributed by atoms with E-state index in [0.29, 0.717) is 31.8 Å². The number of nitrogens with two attached hydrogens (primary N) is 1. The van der Waals surface area contributed by atoms with E-state index in [1.165, 1.54) is 5.56 Å². The molecular weight excluding hydrogens is 242 g/mol. The Morgan fingerprint density at radius 2 is 2.05 bits per heavy atom. The summed E-state index contributed by atoms with van der Waals surface area (Å²) in [5.74, 6) is 2.13. The summed E-state index contributed by atoms with van der Waals surface area (Å²) in [6, 6.07) is 6.30. The van der Waals surface area contributed by atoms with Crippen LogP contribution in [0.2, 0.25) is 0 Å². The first-order valence-electron chi connectivity index (χ1n) is 6.60. The van der Waals surface area contributed by atoms with Crippen LogP contribution < -0.4 is 20.5 Å². The fourth-order valence-corrected chi connectivity index (χ4v) is 1.89. The predicted octanol–water partition coefficient (Wildman–Crippen LogP) is 1.31. The maximum atomic E-state index is 5.74. The predicted molar refractivity (Wildman–Crippen MR) is 75.9 cm³/mol. The Bertz CT molecular complexity index is 458. The number of aliphatic imine (C=N–C) groups is 1. The topological polar surface area (TPSA) is 68.9 Å². The molecule has 1 heterocycles. The summed E-state index contributed by atoms with van der Waals surface area (Å²) >= 11 is 0. The lowest BCUT2D eigenvalue weighted by molar-refractivity contribution is 0.171. The van der Waals surface area contributed by atoms with Crippen molar-refractivity contribution in [3.63, 3.8) is 0 Å². The minimum absolute atomic E-state index is 0.304. The van der Waals surface area contributed by atoms with Crippen LogP contribution in [0.1, 0.15) is 19.4 Å². The van der Waals surface area contributed by atoms with E-state index < -0.39 is 0 Å². The van der Waals surface area contributed by atoms with Gasteiger partial charge in [0.15, 0.2) is 17.5 Å². The Balaban J connectivity index is 1.89. The van der Waals surface area contributed by atoms with E-state index in [1.54, 1.807) is 0 Å². The number of hydrogen-bond donors (Lipinski definition) is 2. The van der Waals surface area contributed by atoms with Gasteiger partial charge in [-0.2, -0.15) is 0 Å². The Kier molecular flexibility index (Phi) is 4.49. The molecule has 0 bridgehead atoms. The molecular formula is C14H21N3O2. The molecule has 0 radical (unpaired) electrons. The number of guanidine groups is 1. The van der Waals surface area contributed by atoms with Crippen molar-refractivity contribution in [1.29, 1.82) is 0 Å². The van der Waals surface area contributed by atoms with Crippen LogP contribution in [0.5, 0.6) is 11.5 Å². The van der Waals surface area contributed by atoms with Gasteiger partial charge in [-0.25, -0.2) is 0 Å². The summed E-state index contributed by atoms with van der Waals surface area (Å²) in [6.07, 6.45) is 0.830. The summed E-state index contributed by atoms with van der Waals surface area (Å²) in [4.78, 5) is 4.28. The zero-order valence-corrected chi connectivity index (χ0v) is 11.5. The van der Waals surface area contributed by atoms with Gasteiger partial charge in [0, 0.05) is 12.6 Å². The van der Waals surface area contributed by atoms with Gasteiger partial charge in [0.25, 0.3) is 0 Å². The normalized spacial score (nSPS) is 14.6. The van der Waals surface area contributed by atoms with Gasteiger partial charge in [-0.1, -0.05) is 6.07 Å². The van der Waals surface area contributed by atoms with E-state index in [4.69, 9.17) is 15.2 Å². The molecule has 0 aliphatic carbocycles. The molecule has 1 aliphatic heterocycles. The minimum atomic E-state index is 0.304. The van der Waals surface area contributed by atoms with Gasteiger partial charge >= 0.3 is 0 Å². The highest BCUT2D eigenvalue weighted by Gasteiger charge is 2.11. The molecule has 104 valence electrons. The molecule has 5 nitrogen and oxygen atoms in total. The maximum Gasteiger partial charge on any atom is 0.188 e. The molecule has 0 saturated carbocycles. The smallest absolute Gasteiger partial charge is 0.188 e. The van der Waals surface area contributed by atoms with E-state index in [1.807, 2.05) is 32.0 Å². The third-order valence-corrected chi connectivity index (χ3v) is 2.73. The SMILES string of the molecule is CC(C)NC(N)=NCCc1ccc2c(c1)OCCO2. The number of benzene rings is 1. The van der Waals surface area contributed by atoms with Crippen LogP contribution in [0.25, 0.3) is 0 Å². The Morgan fingerprint density at radius 1 is 1.32 bits per heavy atom. The van der Waals surface area contributed by atoms with E-state index in [-0.39, 0.29) is 0 Å². The van der Waals surface area contributed by atoms with Crippen molar-refractivity contribution in [2.24, 2.45) is 10.7 Å². The molecule has 0 amide bonds. The lowest BCUT2D eigenvalue weighted by atomic mass is 10.1. The van der Waals surface area contributed by atoms with Gasteiger partial charge in [-0.05, 0) is 38.0 Å². The number of nitrogens with zero attached hydrogens (tertiary/aromatic N) is 1. The monoisotopic (exact) mass is 263 g/mol. The highest BCUT2D eigenvalue weighted by Crippen LogP contribution is 2.30. The van der Waals surface area contributed by atoms with Crippen molar-refractivity contribution in [2.75, 3.05) is 19.8 Å². The van der Waals surface area contributed by atoms with E-state index >= 15 is 0 Å². The molecule has 1 aromatic rings. The zero-order chi connectivity index (χ0) is 13.7. The number of hydrogen-bond acceptors (Lipinski definition) is 3. The number of fused-ring (bicyclic) bond motifs is 1. The number of ether oxygens (including phenoxy) is 2. The van der Waals surface area contributed by atoms with Gasteiger partial charge in [-0.15, -0.1) is 0 Å². The van der Waals surface area contributed by atoms with E-state index in [2.05, 4.69) is 10.3 Å². The second kappa shape index (κ2) is 6.31. The molecule has 1 aromatic carbocycles. The molecule has 5 heteroatoms. The first-order chi connectivity index (χ1) is 9.15. The summed E-state index contributed by atoms with van der Waals surface area (Å²) in [6.45, 7) is 5.95. The standard InChI is InChI=1S/C14H21N3O2/c1-10(2)17-14(15)16-6-5-11-3-4-12-13(9-11)19-8-7-18-12/h3-4,9-10H,5-8H2,1-2H3,(H3,15,16,17). The van der Waals surface area contributed by atoms with Gasteiger partial charge in [0.1, 0.15) is 13.2 Å². The van der Waals surface area contributed by atoms with Crippen molar-refractivity contribution in [3.05, 3.63) is 23.8 Å². The first-order valence-corrected chi connectivity index (χ1v) is 6.60. The van der Waals surface area contributed by atoms with E-state index in [0.717, 1.165) is 17.9 Å². The third-order valence-electron chi connectivity index (χ3n) is 2.73. The second-order valence-corrected chi connectivity index (χ2v) is 4.79. The van der Waals surface area contributed by atoms with Crippen LogP contribution >= 0.6 is 0 Å². The number of rotatable bonds is 4. The molecule has 2 rings (SSSR count). The lowest BCUT2D eigenvalue weighted by Gasteiger charge is -2.18. The summed E-state index contributed by atoms with van der Waals surface area (Å²) in [5.41, 5.74) is 6.92. The Morgan fingerprint density at radius 3 is 2.79 bits per heavy atom. The molecule has 0 aromatic heterocycles. The lowest BCUT2D eigenvalue weighted by Crippen LogP contribution is -2.36. The zero-order valence-electron chi connectivity index (χ0n) is 11.5. The molecule has 0 spiro atoms. The van der Waals surface area contributed by atoms with Crippen LogP contribution in [-0.2, 0) is 6.42 Å². The van der Waals surface area contributed by atoms with Crippen LogP contribution in [0, 0.1) is 0 Å². The fraction of sp³-hybridized carbons (Fsp3) is 0.500. The van der Waals surface area contributed by atoms with E-state index in [9.17, 15) is 0 Å². The Hall–Kier alpha value is -1.91. The van der Waals surface area contributed by atoms with Gasteiger partial charge < -0.3 is 20.5 Å². The highest BCUT2D eigenvalue weighted by molar-refractivity contribution is 5.78. The van der Waals surface area contributed by atoms with Crippen molar-refractivity contribution in [1.82, 2.24) is 5.32 Å². The summed E-state index contributed by atoms with van der Waals surface area (Å²) in [7, 11) is 0. The summed E-state index contributed by atoms with van der Waals surface area (Å²) < 4.78 is 11.0. The van der Waals surface area contributed by atoms with Crippen molar-refractivity contribution >= 4 is 5.96 Å². The maximum absolute atomic E-state index is 5.74. The first kappa shape index (κ1) is 13.5. The number of nitrogens with one attached hydrogen (secondary N) is 1. The fourth-order valence-electron chi connectivity index (χ4n) is 1.89. The second-order valence-electron chi connectivity index (χ2n) is 4.79. The molecule has 19 heavy (non-hydrogen) atoms. The van der Waals surface area contributed by atoms with Crippen LogP contribution in [-0.4, -0.2) is 31.8 Å². The average molecular weight is 263 g/mol. The molecule has 0 fully saturated rings. The summed E-state index contributed by atoms with van der Waals surface area (Å²) in [5, 5.41) is 3.06. The largest absolute Gasteiger partial charge is 0.486 e. The average Bonchev–Trinajstić information content (AvgIpc) is 2.37. The van der Waals surface area contributed by atoms with Gasteiger partial charge in [-0.3, -0.25) is 4.99 Å². The van der Waals surface area contributed by atoms with Crippen molar-refractivity contribution < 1.29 is 9.47 Å². The molecule has 0 atom stereocenters. The highest BCUT2D eigenvalue weighted by atomic mass is 16.6. The van der Waals surface area contributed by atoms with Crippen LogP contribution in [0.15, 0.2) is 23.2 Å². The van der Waals surface area contributed by atoms with Crippen molar-refractivity contribution in [3.8, 4) is 11.5 Å². The molecule has 0 saturated heterocycles. The van der Waals surface area contributed by atoms with Crippen LogP contribution in [0.4, 0.5) is 0 Å². The minimum Gasteiger partial charge on any atom is -0.486 e. The van der Waals surface area contributed by atoms with Gasteiger partial charge in [0.05, 0.1) is 0 Å². The third kappa shape index (κ3) is 4.05. The van der Waals surface area contributed by atoms with Crippen molar-refractivity contribution in [2.45, 2.75) is 26.3 Å². The Labute approximate surface area is 113 Å².